The second kappa shape index (κ2) is 5.57. The molecule has 0 bridgehead atoms. The predicted molar refractivity (Wildman–Crippen MR) is 75.0 cm³/mol. The lowest BCUT2D eigenvalue weighted by Gasteiger charge is -2.05. The standard InChI is InChI=1S/C13H9F2N3O2S/c14-10(15)6-20-7-1-2-9(16-5-7)12-17-8-3-4-21-11(8)13(19)18-12/h1-5,10H,6H2,(H,17,18,19). The number of ether oxygens (including phenoxy) is 1. The minimum atomic E-state index is -2.54. The molecule has 21 heavy (non-hydrogen) atoms. The van der Waals surface area contributed by atoms with Crippen molar-refractivity contribution in [2.45, 2.75) is 6.43 Å². The Hall–Kier alpha value is -2.35. The molecule has 0 aliphatic carbocycles. The molecule has 3 aromatic rings. The Balaban J connectivity index is 1.90. The second-order valence-corrected chi connectivity index (χ2v) is 5.05. The van der Waals surface area contributed by atoms with E-state index >= 15 is 0 Å². The molecule has 3 aromatic heterocycles. The maximum Gasteiger partial charge on any atom is 0.272 e. The third kappa shape index (κ3) is 2.89. The normalized spacial score (nSPS) is 11.2. The van der Waals surface area contributed by atoms with E-state index in [2.05, 4.69) is 15.0 Å². The maximum absolute atomic E-state index is 12.0. The van der Waals surface area contributed by atoms with Crippen LogP contribution in [-0.2, 0) is 0 Å². The third-order valence-electron chi connectivity index (χ3n) is 2.67. The summed E-state index contributed by atoms with van der Waals surface area (Å²) in [6.45, 7) is -0.684. The Bertz CT molecular complexity index is 814. The summed E-state index contributed by atoms with van der Waals surface area (Å²) in [5, 5.41) is 1.78. The molecule has 0 aliphatic rings. The molecule has 0 amide bonds. The van der Waals surface area contributed by atoms with Crippen LogP contribution in [0.2, 0.25) is 0 Å². The van der Waals surface area contributed by atoms with Crippen LogP contribution in [0.4, 0.5) is 8.78 Å². The van der Waals surface area contributed by atoms with Crippen molar-refractivity contribution < 1.29 is 13.5 Å². The van der Waals surface area contributed by atoms with Gasteiger partial charge >= 0.3 is 0 Å². The quantitative estimate of drug-likeness (QED) is 0.804. The fraction of sp³-hybridized carbons (Fsp3) is 0.154. The zero-order valence-corrected chi connectivity index (χ0v) is 11.4. The van der Waals surface area contributed by atoms with Gasteiger partial charge in [0.2, 0.25) is 0 Å². The number of thiophene rings is 1. The summed E-state index contributed by atoms with van der Waals surface area (Å²) in [6, 6.07) is 4.80. The van der Waals surface area contributed by atoms with Crippen molar-refractivity contribution in [1.29, 1.82) is 0 Å². The van der Waals surface area contributed by atoms with E-state index in [9.17, 15) is 13.6 Å². The molecule has 0 atom stereocenters. The van der Waals surface area contributed by atoms with Crippen LogP contribution in [-0.4, -0.2) is 28.0 Å². The van der Waals surface area contributed by atoms with Gasteiger partial charge in [0.05, 0.1) is 11.7 Å². The van der Waals surface area contributed by atoms with Gasteiger partial charge in [0.15, 0.2) is 5.82 Å². The van der Waals surface area contributed by atoms with Crippen LogP contribution < -0.4 is 10.3 Å². The lowest BCUT2D eigenvalue weighted by Crippen LogP contribution is -2.09. The van der Waals surface area contributed by atoms with E-state index in [1.807, 2.05) is 0 Å². The van der Waals surface area contributed by atoms with Gasteiger partial charge in [-0.3, -0.25) is 4.79 Å². The van der Waals surface area contributed by atoms with Crippen LogP contribution in [0.1, 0.15) is 0 Å². The zero-order valence-electron chi connectivity index (χ0n) is 10.5. The number of nitrogens with zero attached hydrogens (tertiary/aromatic N) is 2. The highest BCUT2D eigenvalue weighted by Crippen LogP contribution is 2.19. The van der Waals surface area contributed by atoms with Gasteiger partial charge in [0, 0.05) is 0 Å². The van der Waals surface area contributed by atoms with Gasteiger partial charge in [-0.15, -0.1) is 11.3 Å². The van der Waals surface area contributed by atoms with Crippen molar-refractivity contribution in [3.8, 4) is 17.3 Å². The van der Waals surface area contributed by atoms with Gasteiger partial charge in [-0.05, 0) is 23.6 Å². The molecule has 8 heteroatoms. The van der Waals surface area contributed by atoms with E-state index in [0.717, 1.165) is 0 Å². The Kier molecular flexibility index (Phi) is 3.61. The minimum absolute atomic E-state index is 0.232. The molecule has 0 radical (unpaired) electrons. The molecule has 5 nitrogen and oxygen atoms in total. The molecule has 0 saturated carbocycles. The molecule has 0 spiro atoms. The Morgan fingerprint density at radius 3 is 2.90 bits per heavy atom. The van der Waals surface area contributed by atoms with Crippen LogP contribution >= 0.6 is 11.3 Å². The lowest BCUT2D eigenvalue weighted by atomic mass is 10.3. The topological polar surface area (TPSA) is 67.9 Å². The highest BCUT2D eigenvalue weighted by atomic mass is 32.1. The molecule has 0 aliphatic heterocycles. The average Bonchev–Trinajstić information content (AvgIpc) is 2.94. The van der Waals surface area contributed by atoms with Gasteiger partial charge in [-0.25, -0.2) is 18.7 Å². The first-order chi connectivity index (χ1) is 10.1. The number of rotatable bonds is 4. The van der Waals surface area contributed by atoms with Crippen molar-refractivity contribution >= 4 is 21.6 Å². The SMILES string of the molecule is O=c1[nH]c(-c2ccc(OCC(F)F)cn2)nc2ccsc12. The number of pyridine rings is 1. The molecule has 0 aromatic carbocycles. The van der Waals surface area contributed by atoms with Gasteiger partial charge in [-0.2, -0.15) is 0 Å². The Morgan fingerprint density at radius 1 is 1.33 bits per heavy atom. The molecule has 0 fully saturated rings. The summed E-state index contributed by atoms with van der Waals surface area (Å²) in [4.78, 5) is 22.9. The predicted octanol–water partition coefficient (Wildman–Crippen LogP) is 2.69. The van der Waals surface area contributed by atoms with E-state index in [1.165, 1.54) is 23.6 Å². The number of alkyl halides is 2. The third-order valence-corrected chi connectivity index (χ3v) is 3.57. The van der Waals surface area contributed by atoms with Crippen LogP contribution in [0.5, 0.6) is 5.75 Å². The number of hydrogen-bond acceptors (Lipinski definition) is 5. The molecule has 1 N–H and O–H groups in total. The van der Waals surface area contributed by atoms with Crippen molar-refractivity contribution in [2.75, 3.05) is 6.61 Å². The summed E-state index contributed by atoms with van der Waals surface area (Å²) in [7, 11) is 0. The monoisotopic (exact) mass is 309 g/mol. The minimum Gasteiger partial charge on any atom is -0.486 e. The van der Waals surface area contributed by atoms with E-state index in [4.69, 9.17) is 4.74 Å². The van der Waals surface area contributed by atoms with Crippen molar-refractivity contribution in [3.63, 3.8) is 0 Å². The zero-order chi connectivity index (χ0) is 14.8. The first kappa shape index (κ1) is 13.6. The largest absolute Gasteiger partial charge is 0.486 e. The number of fused-ring (bicyclic) bond motifs is 1. The van der Waals surface area contributed by atoms with Crippen LogP contribution in [0.25, 0.3) is 21.7 Å². The van der Waals surface area contributed by atoms with E-state index in [-0.39, 0.29) is 11.3 Å². The maximum atomic E-state index is 12.0. The number of hydrogen-bond donors (Lipinski definition) is 1. The highest BCUT2D eigenvalue weighted by molar-refractivity contribution is 7.17. The summed E-state index contributed by atoms with van der Waals surface area (Å²) in [5.74, 6) is 0.560. The second-order valence-electron chi connectivity index (χ2n) is 4.13. The molecule has 108 valence electrons. The highest BCUT2D eigenvalue weighted by Gasteiger charge is 2.09. The van der Waals surface area contributed by atoms with E-state index < -0.39 is 13.0 Å². The number of aromatic amines is 1. The molecule has 0 unspecified atom stereocenters. The molecule has 3 rings (SSSR count). The molecular weight excluding hydrogens is 300 g/mol. The smallest absolute Gasteiger partial charge is 0.272 e. The molecular formula is C13H9F2N3O2S. The number of aromatic nitrogens is 3. The van der Waals surface area contributed by atoms with Gasteiger partial charge in [-0.1, -0.05) is 0 Å². The number of halogens is 2. The number of H-pyrrole nitrogens is 1. The van der Waals surface area contributed by atoms with Gasteiger partial charge in [0.25, 0.3) is 12.0 Å². The van der Waals surface area contributed by atoms with Crippen molar-refractivity contribution in [3.05, 3.63) is 40.1 Å². The van der Waals surface area contributed by atoms with Gasteiger partial charge < -0.3 is 9.72 Å². The van der Waals surface area contributed by atoms with Crippen LogP contribution in [0, 0.1) is 0 Å². The summed E-state index contributed by atoms with van der Waals surface area (Å²) in [6.07, 6.45) is -1.22. The summed E-state index contributed by atoms with van der Waals surface area (Å²) < 4.78 is 29.5. The van der Waals surface area contributed by atoms with Gasteiger partial charge in [0.1, 0.15) is 22.8 Å². The van der Waals surface area contributed by atoms with Crippen molar-refractivity contribution in [2.24, 2.45) is 0 Å². The van der Waals surface area contributed by atoms with Crippen LogP contribution in [0.15, 0.2) is 34.6 Å². The Morgan fingerprint density at radius 2 is 2.19 bits per heavy atom. The molecule has 3 heterocycles. The average molecular weight is 309 g/mol. The van der Waals surface area contributed by atoms with E-state index in [0.29, 0.717) is 21.7 Å². The van der Waals surface area contributed by atoms with Crippen LogP contribution in [0.3, 0.4) is 0 Å². The Labute approximate surface area is 121 Å². The fourth-order valence-corrected chi connectivity index (χ4v) is 2.48. The lowest BCUT2D eigenvalue weighted by molar-refractivity contribution is 0.0817. The van der Waals surface area contributed by atoms with Crippen molar-refractivity contribution in [1.82, 2.24) is 15.0 Å². The number of nitrogens with one attached hydrogen (secondary N) is 1. The fourth-order valence-electron chi connectivity index (χ4n) is 1.76. The summed E-state index contributed by atoms with van der Waals surface area (Å²) in [5.41, 5.74) is 0.799. The molecule has 0 saturated heterocycles. The van der Waals surface area contributed by atoms with E-state index in [1.54, 1.807) is 17.5 Å². The first-order valence-electron chi connectivity index (χ1n) is 5.98. The summed E-state index contributed by atoms with van der Waals surface area (Å²) >= 11 is 1.31. The first-order valence-corrected chi connectivity index (χ1v) is 6.86.